The number of ether oxygens (including phenoxy) is 6. The van der Waals surface area contributed by atoms with Crippen LogP contribution in [-0.4, -0.2) is 143 Å². The minimum Gasteiger partial charge on any atom is -0.497 e. The molecule has 0 radical (unpaired) electrons. The summed E-state index contributed by atoms with van der Waals surface area (Å²) in [6.07, 6.45) is 8.38. The predicted octanol–water partition coefficient (Wildman–Crippen LogP) is 16.2. The number of rotatable bonds is 30. The molecule has 0 aliphatic rings. The fourth-order valence-electron chi connectivity index (χ4n) is 12.3. The van der Waals surface area contributed by atoms with Gasteiger partial charge < -0.3 is 48.4 Å². The van der Waals surface area contributed by atoms with E-state index >= 15 is 0 Å². The molecular formula is C80H82Br2Cl4N8O18S4. The van der Waals surface area contributed by atoms with E-state index in [0.29, 0.717) is 132 Å². The van der Waals surface area contributed by atoms with Crippen LogP contribution in [0.2, 0.25) is 20.1 Å². The Kier molecular flexibility index (Phi) is 31.6. The zero-order chi connectivity index (χ0) is 84.4. The van der Waals surface area contributed by atoms with E-state index in [1.54, 1.807) is 56.7 Å². The second kappa shape index (κ2) is 40.6. The minimum absolute atomic E-state index is 0.203. The van der Waals surface area contributed by atoms with Crippen molar-refractivity contribution in [1.82, 2.24) is 38.8 Å². The molecule has 0 aliphatic carbocycles. The Balaban J connectivity index is 0.000000177. The summed E-state index contributed by atoms with van der Waals surface area (Å²) in [6, 6.07) is 47.2. The number of para-hydroxylation sites is 1. The number of aromatic amines is 4. The van der Waals surface area contributed by atoms with E-state index in [1.165, 1.54) is 0 Å². The van der Waals surface area contributed by atoms with Gasteiger partial charge in [-0.2, -0.15) is 0 Å². The van der Waals surface area contributed by atoms with Crippen molar-refractivity contribution in [2.45, 2.75) is 65.2 Å². The number of halogens is 6. The molecule has 26 nitrogen and oxygen atoms in total. The maximum Gasteiger partial charge on any atom is 0.281 e. The van der Waals surface area contributed by atoms with E-state index < -0.39 is 63.7 Å². The predicted molar refractivity (Wildman–Crippen MR) is 461 cm³/mol. The van der Waals surface area contributed by atoms with Crippen LogP contribution in [0, 0.1) is 13.8 Å². The summed E-state index contributed by atoms with van der Waals surface area (Å²) in [4.78, 5) is 61.9. The number of sulfonamides is 4. The monoisotopic (exact) mass is 1870 g/mol. The van der Waals surface area contributed by atoms with Gasteiger partial charge in [-0.05, 0) is 224 Å². The van der Waals surface area contributed by atoms with E-state index in [9.17, 15) is 52.8 Å². The standard InChI is InChI=1S/C21H22BrClN2O4S.2C20H21ClN2O5S.C19H18BrClN2O4S/c1-12-9-15(10-13(2)19(12)23)29-8-4-5-17-16-7-6-14(22)11-18(16)24-20(17)21(26)25-30(3,27)28;1-27-14-5-3-6-15(12-14)28-10-4-7-17-16-9-8-13(21)11-18(16)22-19(17)20(24)23-29(2,25)26;1-27-14-6-8-15(9-7-14)28-11-3-4-17-16-10-5-13(21)12-18(16)22-19(17)20(24)23-29(2,25)26;1-28(25,26)23-19(24)18-14(13-9-8-12(21)11-16(13)22-18)5-4-10-27-17-7-3-2-6-15(17)20/h6-7,9-11,24H,4-5,8H2,1-3H3,(H,25,26);3,5-6,8-9,11-12,22H,4,7,10H2,1-2H3,(H,23,24);5-10,12,22H,3-4,11H2,1-2H3,(H,23,24);2-3,6-9,11,22H,4-5,10H2,1H3,(H,23,24). The van der Waals surface area contributed by atoms with Gasteiger partial charge in [-0.25, -0.2) is 52.6 Å². The third-order valence-corrected chi connectivity index (χ3v) is 21.9. The van der Waals surface area contributed by atoms with E-state index in [2.05, 4.69) is 51.8 Å². The number of benzene rings is 8. The summed E-state index contributed by atoms with van der Waals surface area (Å²) in [5, 5.41) is 5.61. The summed E-state index contributed by atoms with van der Waals surface area (Å²) >= 11 is 31.2. The van der Waals surface area contributed by atoms with Crippen LogP contribution in [0.15, 0.2) is 167 Å². The molecule has 0 saturated carbocycles. The Bertz CT molecular complexity index is 6060. The highest BCUT2D eigenvalue weighted by Crippen LogP contribution is 2.34. The molecule has 12 aromatic rings. The fourth-order valence-corrected chi connectivity index (χ4v) is 15.4. The number of hydrogen-bond donors (Lipinski definition) is 8. The van der Waals surface area contributed by atoms with Gasteiger partial charge >= 0.3 is 0 Å². The van der Waals surface area contributed by atoms with Crippen molar-refractivity contribution in [3.8, 4) is 34.5 Å². The van der Waals surface area contributed by atoms with Crippen LogP contribution >= 0.6 is 78.3 Å². The van der Waals surface area contributed by atoms with Crippen LogP contribution in [0.5, 0.6) is 34.5 Å². The highest BCUT2D eigenvalue weighted by molar-refractivity contribution is 9.10. The number of aryl methyl sites for hydroxylation is 6. The van der Waals surface area contributed by atoms with E-state index in [1.807, 2.05) is 148 Å². The molecule has 4 heterocycles. The molecule has 4 aromatic heterocycles. The smallest absolute Gasteiger partial charge is 0.281 e. The number of carbonyl (C=O) groups is 4. The molecule has 36 heteroatoms. The van der Waals surface area contributed by atoms with Crippen molar-refractivity contribution in [3.05, 3.63) is 243 Å². The van der Waals surface area contributed by atoms with E-state index in [0.717, 1.165) is 111 Å². The highest BCUT2D eigenvalue weighted by atomic mass is 79.9. The Morgan fingerprint density at radius 2 is 0.690 bits per heavy atom. The first-order valence-electron chi connectivity index (χ1n) is 35.4. The van der Waals surface area contributed by atoms with Gasteiger partial charge in [0, 0.05) is 74.2 Å². The van der Waals surface area contributed by atoms with Gasteiger partial charge in [0.1, 0.15) is 57.3 Å². The quantitative estimate of drug-likeness (QED) is 0.0194. The largest absolute Gasteiger partial charge is 0.497 e. The van der Waals surface area contributed by atoms with Gasteiger partial charge in [0.15, 0.2) is 0 Å². The normalized spacial score (nSPS) is 11.5. The lowest BCUT2D eigenvalue weighted by atomic mass is 10.1. The van der Waals surface area contributed by atoms with Crippen molar-refractivity contribution in [2.24, 2.45) is 0 Å². The minimum atomic E-state index is -3.68. The SMILES string of the molecule is COc1ccc(OCCCc2c(C(=O)NS(C)(=O)=O)[nH]c3cc(Cl)ccc23)cc1.COc1cccc(OCCCc2c(C(=O)NS(C)(=O)=O)[nH]c3cc(Cl)ccc23)c1.CS(=O)(=O)NC(=O)c1[nH]c2cc(Cl)ccc2c1CCCOc1ccccc1Br.Cc1cc(OCCCc2c(C(=O)NS(C)(=O)=O)[nH]c3cc(Br)ccc23)cc(C)c1Cl. The second-order valence-electron chi connectivity index (χ2n) is 26.5. The van der Waals surface area contributed by atoms with Gasteiger partial charge in [0.25, 0.3) is 23.6 Å². The molecule has 616 valence electrons. The molecule has 0 atom stereocenters. The van der Waals surface area contributed by atoms with Crippen molar-refractivity contribution < 1.29 is 81.3 Å². The number of amides is 4. The van der Waals surface area contributed by atoms with Gasteiger partial charge in [0.05, 0.1) is 70.1 Å². The Hall–Kier alpha value is -9.48. The topological polar surface area (TPSA) is 372 Å². The van der Waals surface area contributed by atoms with Crippen molar-refractivity contribution >= 4 is 186 Å². The van der Waals surface area contributed by atoms with E-state index in [-0.39, 0.29) is 22.8 Å². The van der Waals surface area contributed by atoms with Gasteiger partial charge in [-0.3, -0.25) is 19.2 Å². The van der Waals surface area contributed by atoms with Crippen molar-refractivity contribution in [2.75, 3.05) is 65.7 Å². The number of hydrogen-bond acceptors (Lipinski definition) is 18. The number of nitrogens with one attached hydrogen (secondary N) is 8. The molecule has 0 bridgehead atoms. The zero-order valence-corrected chi connectivity index (χ0v) is 73.2. The first-order valence-corrected chi connectivity index (χ1v) is 46.1. The number of methoxy groups -OCH3 is 2. The number of carbonyl (C=O) groups excluding carboxylic acids is 4. The lowest BCUT2D eigenvalue weighted by Crippen LogP contribution is -2.30. The first-order chi connectivity index (χ1) is 54.8. The molecule has 8 N–H and O–H groups in total. The molecule has 116 heavy (non-hydrogen) atoms. The third-order valence-electron chi connectivity index (χ3n) is 17.2. The summed E-state index contributed by atoms with van der Waals surface area (Å²) in [5.74, 6) is 1.55. The molecule has 4 amide bonds. The van der Waals surface area contributed by atoms with Gasteiger partial charge in [-0.1, -0.05) is 105 Å². The lowest BCUT2D eigenvalue weighted by Gasteiger charge is -2.10. The van der Waals surface area contributed by atoms with E-state index in [4.69, 9.17) is 74.8 Å². The molecule has 0 saturated heterocycles. The molecule has 12 rings (SSSR count). The average Bonchev–Trinajstić information content (AvgIpc) is 1.66. The maximum atomic E-state index is 12.5. The number of H-pyrrole nitrogens is 4. The first kappa shape index (κ1) is 90.4. The van der Waals surface area contributed by atoms with Crippen molar-refractivity contribution in [3.63, 3.8) is 0 Å². The van der Waals surface area contributed by atoms with Crippen LogP contribution in [-0.2, 0) is 65.8 Å². The fraction of sp³-hybridized carbons (Fsp3) is 0.250. The molecule has 0 spiro atoms. The van der Waals surface area contributed by atoms with Crippen molar-refractivity contribution in [1.29, 1.82) is 0 Å². The lowest BCUT2D eigenvalue weighted by molar-refractivity contribution is 0.0967. The Morgan fingerprint density at radius 3 is 1.06 bits per heavy atom. The van der Waals surface area contributed by atoms with Gasteiger partial charge in [0.2, 0.25) is 40.1 Å². The summed E-state index contributed by atoms with van der Waals surface area (Å²) in [5.41, 5.74) is 8.44. The molecular weight excluding hydrogens is 1790 g/mol. The second-order valence-corrected chi connectivity index (χ2v) is 36.9. The van der Waals surface area contributed by atoms with Crippen LogP contribution in [0.1, 0.15) is 101 Å². The Labute approximate surface area is 708 Å². The van der Waals surface area contributed by atoms with Crippen LogP contribution in [0.4, 0.5) is 0 Å². The third kappa shape index (κ3) is 26.5. The highest BCUT2D eigenvalue weighted by Gasteiger charge is 2.26. The number of fused-ring (bicyclic) bond motifs is 4. The summed E-state index contributed by atoms with van der Waals surface area (Å²) < 4.78 is 135. The number of aromatic nitrogens is 4. The average molecular weight is 1870 g/mol. The Morgan fingerprint density at radius 1 is 0.362 bits per heavy atom. The molecule has 0 unspecified atom stereocenters. The maximum absolute atomic E-state index is 12.5. The molecule has 0 fully saturated rings. The van der Waals surface area contributed by atoms with Gasteiger partial charge in [-0.15, -0.1) is 0 Å². The summed E-state index contributed by atoms with van der Waals surface area (Å²) in [6.45, 7) is 5.59. The zero-order valence-electron chi connectivity index (χ0n) is 63.7. The molecule has 0 aliphatic heterocycles. The van der Waals surface area contributed by atoms with Crippen LogP contribution < -0.4 is 47.3 Å². The van der Waals surface area contributed by atoms with Crippen LogP contribution in [0.25, 0.3) is 43.6 Å². The summed E-state index contributed by atoms with van der Waals surface area (Å²) in [7, 11) is -11.5. The molecule has 8 aromatic carbocycles. The van der Waals surface area contributed by atoms with Crippen LogP contribution in [0.3, 0.4) is 0 Å².